The van der Waals surface area contributed by atoms with Crippen LogP contribution >= 0.6 is 16.1 Å². The molecule has 5 N–H and O–H groups in total. The number of imidazole rings is 1. The molecular weight excluding hydrogens is 692 g/mol. The summed E-state index contributed by atoms with van der Waals surface area (Å²) in [4.78, 5) is 23.1. The molecule has 18 heteroatoms. The lowest BCUT2D eigenvalue weighted by atomic mass is 10.0. The van der Waals surface area contributed by atoms with E-state index in [1.54, 1.807) is 0 Å². The topological polar surface area (TPSA) is 220 Å². The van der Waals surface area contributed by atoms with Crippen LogP contribution in [0, 0.1) is 5.92 Å². The first-order valence-corrected chi connectivity index (χ1v) is 18.6. The van der Waals surface area contributed by atoms with Crippen LogP contribution in [0.2, 0.25) is 0 Å². The van der Waals surface area contributed by atoms with E-state index in [2.05, 4.69) is 21.5 Å². The smallest absolute Gasteiger partial charge is 0.280 e. The molecule has 9 atom stereocenters. The van der Waals surface area contributed by atoms with Crippen molar-refractivity contribution in [1.82, 2.24) is 19.5 Å². The second kappa shape index (κ2) is 14.6. The monoisotopic (exact) mass is 729 g/mol. The van der Waals surface area contributed by atoms with E-state index in [-0.39, 0.29) is 42.3 Å². The van der Waals surface area contributed by atoms with Gasteiger partial charge in [0, 0.05) is 12.8 Å². The molecule has 0 radical (unpaired) electrons. The molecular formula is C32H37N5O11P2. The number of anilines is 1. The Balaban J connectivity index is 1.12. The number of H-pyrrole nitrogens is 1. The van der Waals surface area contributed by atoms with Gasteiger partial charge in [0.1, 0.15) is 13.2 Å². The molecule has 6 unspecified atom stereocenters. The highest BCUT2D eigenvalue weighted by molar-refractivity contribution is 7.60. The van der Waals surface area contributed by atoms with E-state index >= 15 is 0 Å². The maximum absolute atomic E-state index is 14.2. The van der Waals surface area contributed by atoms with E-state index in [0.29, 0.717) is 12.8 Å². The van der Waals surface area contributed by atoms with E-state index in [4.69, 9.17) is 33.7 Å². The lowest BCUT2D eigenvalue weighted by molar-refractivity contribution is -0.106. The van der Waals surface area contributed by atoms with Crippen LogP contribution in [0.3, 0.4) is 0 Å². The number of benzene rings is 2. The molecule has 0 bridgehead atoms. The second-order valence-corrected chi connectivity index (χ2v) is 15.9. The van der Waals surface area contributed by atoms with Gasteiger partial charge in [-0.25, -0.2) is 4.98 Å². The van der Waals surface area contributed by atoms with E-state index in [0.717, 1.165) is 11.1 Å². The molecule has 2 aromatic heterocycles. The van der Waals surface area contributed by atoms with Gasteiger partial charge in [0.2, 0.25) is 27.1 Å². The van der Waals surface area contributed by atoms with Crippen molar-refractivity contribution in [1.29, 1.82) is 0 Å². The number of aromatic amines is 1. The zero-order valence-corrected chi connectivity index (χ0v) is 28.6. The van der Waals surface area contributed by atoms with Crippen LogP contribution in [-0.4, -0.2) is 79.3 Å². The SMILES string of the molecule is C=C1[C@@H](C(O)([PH](=O)OC2COC(Cc3ccccc3)O2)[PH](=O)OC2COC(Cc3ccccc3)O2)[C@@H](O)C[C@@H]1n1cnc2c(=O)[nH]c(N)nc21. The third-order valence-corrected chi connectivity index (χ3v) is 13.0. The molecule has 0 spiro atoms. The third-order valence-electron chi connectivity index (χ3n) is 8.95. The molecule has 2 aromatic carbocycles. The molecule has 7 rings (SSSR count). The Labute approximate surface area is 286 Å². The molecule has 50 heavy (non-hydrogen) atoms. The number of hydrogen-bond donors (Lipinski definition) is 4. The quantitative estimate of drug-likeness (QED) is 0.122. The van der Waals surface area contributed by atoms with Gasteiger partial charge in [0.15, 0.2) is 36.3 Å². The number of aliphatic hydroxyl groups excluding tert-OH is 1. The normalized spacial score (nSPS) is 29.3. The van der Waals surface area contributed by atoms with Crippen LogP contribution in [0.4, 0.5) is 5.95 Å². The number of hydrogen-bond acceptors (Lipinski definition) is 14. The molecule has 0 amide bonds. The fraction of sp³-hybridized carbons (Fsp3) is 0.406. The first-order valence-electron chi connectivity index (χ1n) is 16.0. The number of nitrogens with one attached hydrogen (secondary N) is 1. The molecule has 2 saturated heterocycles. The standard InChI is InChI=1S/C32H37N5O11P2/c1-18-21(37-17-34-28-29(37)35-31(33)36-30(28)39)14-22(38)27(18)32(40,49(41)47-25-15-43-23(45-25)12-19-8-4-2-5-9-19)50(42)48-26-16-44-24(46-26)13-20-10-6-3-7-11-20/h2-11,17,21-27,38,40,49-50H,1,12-16H2,(H3,33,35,36,39)/t21-,22-,23?,24?,25?,26?,27+,32?/m0/s1. The highest BCUT2D eigenvalue weighted by Gasteiger charge is 2.59. The number of nitrogens with two attached hydrogens (primary N) is 1. The van der Waals surface area contributed by atoms with Gasteiger partial charge >= 0.3 is 0 Å². The minimum Gasteiger partial charge on any atom is -0.392 e. The molecule has 4 aromatic rings. The largest absolute Gasteiger partial charge is 0.392 e. The average molecular weight is 730 g/mol. The first-order chi connectivity index (χ1) is 24.1. The molecule has 1 aliphatic carbocycles. The van der Waals surface area contributed by atoms with E-state index in [9.17, 15) is 24.1 Å². The minimum atomic E-state index is -3.82. The lowest BCUT2D eigenvalue weighted by Gasteiger charge is -2.35. The van der Waals surface area contributed by atoms with Crippen molar-refractivity contribution in [2.75, 3.05) is 18.9 Å². The maximum atomic E-state index is 14.2. The predicted octanol–water partition coefficient (Wildman–Crippen LogP) is 2.69. The van der Waals surface area contributed by atoms with Gasteiger partial charge in [-0.05, 0) is 23.1 Å². The van der Waals surface area contributed by atoms with Gasteiger partial charge in [-0.15, -0.1) is 0 Å². The van der Waals surface area contributed by atoms with Crippen molar-refractivity contribution in [2.24, 2.45) is 5.92 Å². The number of aromatic nitrogens is 4. The summed E-state index contributed by atoms with van der Waals surface area (Å²) >= 11 is 0. The zero-order valence-electron chi connectivity index (χ0n) is 26.6. The maximum Gasteiger partial charge on any atom is 0.280 e. The Morgan fingerprint density at radius 2 is 1.50 bits per heavy atom. The number of nitrogens with zero attached hydrogens (tertiary/aromatic N) is 3. The summed E-state index contributed by atoms with van der Waals surface area (Å²) < 4.78 is 64.4. The van der Waals surface area contributed by atoms with Crippen molar-refractivity contribution in [3.8, 4) is 0 Å². The number of aliphatic hydroxyl groups is 2. The summed E-state index contributed by atoms with van der Waals surface area (Å²) in [5, 5.41) is 21.0. The van der Waals surface area contributed by atoms with Crippen LogP contribution in [0.25, 0.3) is 11.2 Å². The molecule has 3 fully saturated rings. The summed E-state index contributed by atoms with van der Waals surface area (Å²) in [6.45, 7) is 3.87. The third kappa shape index (κ3) is 7.01. The van der Waals surface area contributed by atoms with Crippen LogP contribution < -0.4 is 11.3 Å². The van der Waals surface area contributed by atoms with E-state index < -0.39 is 69.9 Å². The zero-order chi connectivity index (χ0) is 35.0. The van der Waals surface area contributed by atoms with Crippen LogP contribution in [-0.2, 0) is 50.0 Å². The summed E-state index contributed by atoms with van der Waals surface area (Å²) in [6.07, 6.45) is -3.26. The summed E-state index contributed by atoms with van der Waals surface area (Å²) in [6, 6.07) is 18.0. The van der Waals surface area contributed by atoms with Crippen LogP contribution in [0.1, 0.15) is 23.6 Å². The van der Waals surface area contributed by atoms with Crippen molar-refractivity contribution in [3.05, 3.63) is 101 Å². The van der Waals surface area contributed by atoms with Crippen molar-refractivity contribution >= 4 is 33.2 Å². The van der Waals surface area contributed by atoms with E-state index in [1.807, 2.05) is 60.7 Å². The number of rotatable bonds is 12. The summed E-state index contributed by atoms with van der Waals surface area (Å²) in [5.74, 6) is -1.65. The van der Waals surface area contributed by atoms with Crippen molar-refractivity contribution in [3.63, 3.8) is 0 Å². The fourth-order valence-electron chi connectivity index (χ4n) is 6.55. The summed E-state index contributed by atoms with van der Waals surface area (Å²) in [7, 11) is -7.65. The molecule has 2 aliphatic heterocycles. The highest BCUT2D eigenvalue weighted by Crippen LogP contribution is 2.65. The molecule has 1 saturated carbocycles. The number of fused-ring (bicyclic) bond motifs is 1. The van der Waals surface area contributed by atoms with Gasteiger partial charge < -0.3 is 39.5 Å². The van der Waals surface area contributed by atoms with Crippen molar-refractivity contribution < 1.29 is 47.3 Å². The van der Waals surface area contributed by atoms with Crippen LogP contribution in [0.5, 0.6) is 0 Å². The molecule has 3 aliphatic rings. The summed E-state index contributed by atoms with van der Waals surface area (Å²) in [5.41, 5.74) is 7.29. The fourth-order valence-corrected chi connectivity index (χ4v) is 9.92. The minimum absolute atomic E-state index is 0.0131. The van der Waals surface area contributed by atoms with Gasteiger partial charge in [0.25, 0.3) is 5.56 Å². The number of nitrogen functional groups attached to an aromatic ring is 1. The molecule has 16 nitrogen and oxygen atoms in total. The van der Waals surface area contributed by atoms with Crippen LogP contribution in [0.15, 0.2) is 83.9 Å². The lowest BCUT2D eigenvalue weighted by Crippen LogP contribution is -2.39. The predicted molar refractivity (Wildman–Crippen MR) is 179 cm³/mol. The van der Waals surface area contributed by atoms with Gasteiger partial charge in [-0.1, -0.05) is 67.2 Å². The Kier molecular flexibility index (Phi) is 10.2. The van der Waals surface area contributed by atoms with Crippen molar-refractivity contribution in [2.45, 2.75) is 61.7 Å². The Morgan fingerprint density at radius 3 is 2.04 bits per heavy atom. The Hall–Kier alpha value is -3.53. The first kappa shape index (κ1) is 34.9. The van der Waals surface area contributed by atoms with Gasteiger partial charge in [-0.3, -0.25) is 28.0 Å². The van der Waals surface area contributed by atoms with Gasteiger partial charge in [0.05, 0.1) is 24.4 Å². The Bertz CT molecular complexity index is 1870. The Morgan fingerprint density at radius 1 is 0.960 bits per heavy atom. The number of ether oxygens (including phenoxy) is 4. The average Bonchev–Trinajstić information content (AvgIpc) is 3.89. The second-order valence-electron chi connectivity index (χ2n) is 12.3. The molecule has 4 heterocycles. The van der Waals surface area contributed by atoms with Gasteiger partial charge in [-0.2, -0.15) is 4.98 Å². The van der Waals surface area contributed by atoms with E-state index in [1.165, 1.54) is 10.9 Å². The molecule has 266 valence electrons. The highest BCUT2D eigenvalue weighted by atomic mass is 31.2.